The van der Waals surface area contributed by atoms with Crippen LogP contribution in [0.5, 0.6) is 0 Å². The molecule has 0 saturated carbocycles. The predicted octanol–water partition coefficient (Wildman–Crippen LogP) is 10.9. The van der Waals surface area contributed by atoms with Crippen molar-refractivity contribution >= 4 is 11.0 Å². The van der Waals surface area contributed by atoms with Gasteiger partial charge in [0.15, 0.2) is 0 Å². The van der Waals surface area contributed by atoms with Gasteiger partial charge in [-0.05, 0) is 64.7 Å². The zero-order valence-corrected chi connectivity index (χ0v) is 26.0. The summed E-state index contributed by atoms with van der Waals surface area (Å²) in [5.41, 5.74) is 14.0. The molecule has 0 aliphatic rings. The molecule has 4 heteroatoms. The van der Waals surface area contributed by atoms with Crippen LogP contribution in [0.3, 0.4) is 0 Å². The molecule has 0 aliphatic heterocycles. The first-order valence-corrected chi connectivity index (χ1v) is 15.8. The summed E-state index contributed by atoms with van der Waals surface area (Å²) in [7, 11) is 0. The van der Waals surface area contributed by atoms with Gasteiger partial charge >= 0.3 is 0 Å². The minimum atomic E-state index is 0.605. The number of rotatable bonds is 6. The fourth-order valence-corrected chi connectivity index (χ4v) is 6.02. The Bertz CT molecular complexity index is 2430. The Morgan fingerprint density at radius 3 is 1.42 bits per heavy atom. The highest BCUT2D eigenvalue weighted by Crippen LogP contribution is 2.36. The van der Waals surface area contributed by atoms with Gasteiger partial charge in [0.1, 0.15) is 0 Å². The van der Waals surface area contributed by atoms with Crippen LogP contribution >= 0.6 is 0 Å². The molecule has 0 atom stereocenters. The van der Waals surface area contributed by atoms with Crippen molar-refractivity contribution in [1.82, 2.24) is 15.0 Å². The highest BCUT2D eigenvalue weighted by atomic mass is 14.8. The summed E-state index contributed by atoms with van der Waals surface area (Å²) in [4.78, 5) is 15.3. The summed E-state index contributed by atoms with van der Waals surface area (Å²) in [6.45, 7) is 0. The third-order valence-electron chi connectivity index (χ3n) is 8.51. The second-order valence-electron chi connectivity index (χ2n) is 11.6. The van der Waals surface area contributed by atoms with E-state index < -0.39 is 0 Å². The minimum absolute atomic E-state index is 0.605. The zero-order valence-electron chi connectivity index (χ0n) is 26.0. The Kier molecular flexibility index (Phi) is 7.54. The maximum absolute atomic E-state index is 9.37. The number of aromatic nitrogens is 3. The van der Waals surface area contributed by atoms with Gasteiger partial charge in [-0.15, -0.1) is 0 Å². The van der Waals surface area contributed by atoms with Crippen LogP contribution in [0.15, 0.2) is 170 Å². The van der Waals surface area contributed by atoms with Gasteiger partial charge in [-0.2, -0.15) is 5.26 Å². The van der Waals surface area contributed by atoms with E-state index in [1.165, 1.54) is 11.1 Å². The van der Waals surface area contributed by atoms with Gasteiger partial charge in [0.2, 0.25) is 0 Å². The largest absolute Gasteiger partial charge is 0.248 e. The number of nitriles is 1. The summed E-state index contributed by atoms with van der Waals surface area (Å²) < 4.78 is 0. The Morgan fingerprint density at radius 1 is 0.333 bits per heavy atom. The molecule has 8 aromatic rings. The Hall–Kier alpha value is -6.70. The van der Waals surface area contributed by atoms with Crippen molar-refractivity contribution < 1.29 is 0 Å². The normalized spacial score (nSPS) is 10.9. The van der Waals surface area contributed by atoms with Crippen LogP contribution in [0.2, 0.25) is 0 Å². The Labute approximate surface area is 279 Å². The number of pyridine rings is 1. The highest BCUT2D eigenvalue weighted by Gasteiger charge is 2.16. The van der Waals surface area contributed by atoms with Crippen molar-refractivity contribution in [1.29, 1.82) is 5.26 Å². The van der Waals surface area contributed by atoms with E-state index in [9.17, 15) is 5.26 Å². The molecule has 0 bridgehead atoms. The molecule has 0 N–H and O–H groups in total. The van der Waals surface area contributed by atoms with Crippen molar-refractivity contribution in [3.8, 4) is 73.4 Å². The van der Waals surface area contributed by atoms with Gasteiger partial charge < -0.3 is 0 Å². The van der Waals surface area contributed by atoms with Crippen LogP contribution in [-0.4, -0.2) is 15.0 Å². The number of hydrogen-bond donors (Lipinski definition) is 0. The van der Waals surface area contributed by atoms with Gasteiger partial charge in [0.05, 0.1) is 45.4 Å². The molecular formula is C44H28N4. The summed E-state index contributed by atoms with van der Waals surface area (Å²) in [5.74, 6) is 0. The van der Waals surface area contributed by atoms with E-state index >= 15 is 0 Å². The molecule has 2 aromatic heterocycles. The van der Waals surface area contributed by atoms with Crippen molar-refractivity contribution in [3.63, 3.8) is 0 Å². The van der Waals surface area contributed by atoms with Crippen molar-refractivity contribution in [2.45, 2.75) is 0 Å². The smallest absolute Gasteiger partial charge is 0.0991 e. The maximum Gasteiger partial charge on any atom is 0.0991 e. The fraction of sp³-hybridized carbons (Fsp3) is 0. The number of hydrogen-bond acceptors (Lipinski definition) is 4. The molecule has 48 heavy (non-hydrogen) atoms. The van der Waals surface area contributed by atoms with E-state index in [0.717, 1.165) is 67.2 Å². The molecule has 224 valence electrons. The van der Waals surface area contributed by atoms with E-state index in [4.69, 9.17) is 15.0 Å². The molecule has 0 unspecified atom stereocenters. The lowest BCUT2D eigenvalue weighted by Crippen LogP contribution is -1.96. The quantitative estimate of drug-likeness (QED) is 0.187. The van der Waals surface area contributed by atoms with E-state index in [1.807, 2.05) is 72.8 Å². The minimum Gasteiger partial charge on any atom is -0.248 e. The third-order valence-corrected chi connectivity index (χ3v) is 8.51. The van der Waals surface area contributed by atoms with Gasteiger partial charge in [0, 0.05) is 22.3 Å². The van der Waals surface area contributed by atoms with Crippen LogP contribution in [-0.2, 0) is 0 Å². The van der Waals surface area contributed by atoms with E-state index in [2.05, 4.69) is 103 Å². The van der Waals surface area contributed by atoms with Crippen molar-refractivity contribution in [2.24, 2.45) is 0 Å². The first-order valence-electron chi connectivity index (χ1n) is 15.8. The maximum atomic E-state index is 9.37. The molecule has 0 fully saturated rings. The van der Waals surface area contributed by atoms with E-state index in [1.54, 1.807) is 0 Å². The second-order valence-corrected chi connectivity index (χ2v) is 11.6. The van der Waals surface area contributed by atoms with Crippen LogP contribution in [0.25, 0.3) is 78.3 Å². The zero-order chi connectivity index (χ0) is 32.3. The average Bonchev–Trinajstić information content (AvgIpc) is 3.18. The van der Waals surface area contributed by atoms with E-state index in [-0.39, 0.29) is 0 Å². The standard InChI is InChI=1S/C44H28N4/c45-29-30-18-20-35(21-19-30)43-44(48-40-17-8-7-16-39(40)47-43)37-15-9-14-36(26-37)38-27-41(33-12-5-2-6-13-33)46-42(28-38)34-24-22-32(23-25-34)31-10-3-1-4-11-31/h1-28H. The van der Waals surface area contributed by atoms with Gasteiger partial charge in [-0.25, -0.2) is 15.0 Å². The van der Waals surface area contributed by atoms with Crippen molar-refractivity contribution in [2.75, 3.05) is 0 Å². The number of para-hydroxylation sites is 2. The van der Waals surface area contributed by atoms with E-state index in [0.29, 0.717) is 5.56 Å². The Morgan fingerprint density at radius 2 is 0.792 bits per heavy atom. The molecule has 0 radical (unpaired) electrons. The third kappa shape index (κ3) is 5.73. The first kappa shape index (κ1) is 28.8. The topological polar surface area (TPSA) is 62.5 Å². The molecule has 0 saturated heterocycles. The molecule has 8 rings (SSSR count). The first-order chi connectivity index (χ1) is 23.7. The van der Waals surface area contributed by atoms with Gasteiger partial charge in [0.25, 0.3) is 0 Å². The van der Waals surface area contributed by atoms with Gasteiger partial charge in [-0.1, -0.05) is 127 Å². The van der Waals surface area contributed by atoms with Crippen LogP contribution < -0.4 is 0 Å². The van der Waals surface area contributed by atoms with Crippen LogP contribution in [0.4, 0.5) is 0 Å². The summed E-state index contributed by atoms with van der Waals surface area (Å²) in [6, 6.07) is 59.8. The SMILES string of the molecule is N#Cc1ccc(-c2nc3ccccc3nc2-c2cccc(-c3cc(-c4ccccc4)nc(-c4ccc(-c5ccccc5)cc4)c3)c2)cc1. The Balaban J connectivity index is 1.26. The molecule has 6 aromatic carbocycles. The van der Waals surface area contributed by atoms with Crippen LogP contribution in [0.1, 0.15) is 5.56 Å². The lowest BCUT2D eigenvalue weighted by atomic mass is 9.96. The van der Waals surface area contributed by atoms with Crippen LogP contribution in [0, 0.1) is 11.3 Å². The monoisotopic (exact) mass is 612 g/mol. The summed E-state index contributed by atoms with van der Waals surface area (Å²) >= 11 is 0. The predicted molar refractivity (Wildman–Crippen MR) is 195 cm³/mol. The number of nitrogens with zero attached hydrogens (tertiary/aromatic N) is 4. The molecule has 2 heterocycles. The lowest BCUT2D eigenvalue weighted by molar-refractivity contribution is 1.29. The summed E-state index contributed by atoms with van der Waals surface area (Å²) in [6.07, 6.45) is 0. The number of fused-ring (bicyclic) bond motifs is 1. The molecular weight excluding hydrogens is 585 g/mol. The molecule has 0 spiro atoms. The molecule has 0 amide bonds. The summed E-state index contributed by atoms with van der Waals surface area (Å²) in [5, 5.41) is 9.37. The average molecular weight is 613 g/mol. The highest BCUT2D eigenvalue weighted by molar-refractivity contribution is 5.88. The van der Waals surface area contributed by atoms with Gasteiger partial charge in [-0.3, -0.25) is 0 Å². The van der Waals surface area contributed by atoms with Crippen molar-refractivity contribution in [3.05, 3.63) is 175 Å². The molecule has 0 aliphatic carbocycles. The second kappa shape index (κ2) is 12.6. The number of benzene rings is 6. The fourth-order valence-electron chi connectivity index (χ4n) is 6.02. The lowest BCUT2D eigenvalue weighted by Gasteiger charge is -2.14. The molecule has 4 nitrogen and oxygen atoms in total.